The zero-order valence-electron chi connectivity index (χ0n) is 17.4. The Kier molecular flexibility index (Phi) is 4.47. The number of carbonyl (C=O) groups is 1. The molecule has 0 saturated carbocycles. The fourth-order valence-electron chi connectivity index (χ4n) is 3.60. The highest BCUT2D eigenvalue weighted by atomic mass is 16.1. The van der Waals surface area contributed by atoms with Gasteiger partial charge in [0, 0.05) is 41.6 Å². The van der Waals surface area contributed by atoms with Gasteiger partial charge >= 0.3 is 0 Å². The van der Waals surface area contributed by atoms with E-state index in [0.717, 1.165) is 28.0 Å². The standard InChI is InChI=1S/C23H21N7O/c1-14(2)30-21-19(12-25-30)18(11-15(3)26-21)22(31)27-17-7-5-16(6-8-17)20-13-29-10-4-9-24-23(29)28-20/h4-14H,1-3H3,(H,27,31). The molecule has 0 atom stereocenters. The van der Waals surface area contributed by atoms with Crippen LogP contribution in [0, 0.1) is 6.92 Å². The smallest absolute Gasteiger partial charge is 0.256 e. The molecule has 0 radical (unpaired) electrons. The van der Waals surface area contributed by atoms with Crippen LogP contribution >= 0.6 is 0 Å². The number of nitrogens with one attached hydrogen (secondary N) is 1. The van der Waals surface area contributed by atoms with Crippen molar-refractivity contribution >= 4 is 28.4 Å². The number of nitrogens with zero attached hydrogens (tertiary/aromatic N) is 6. The third kappa shape index (κ3) is 3.42. The molecule has 31 heavy (non-hydrogen) atoms. The lowest BCUT2D eigenvalue weighted by Gasteiger charge is -2.10. The summed E-state index contributed by atoms with van der Waals surface area (Å²) in [6.45, 7) is 5.96. The zero-order chi connectivity index (χ0) is 21.5. The highest BCUT2D eigenvalue weighted by Crippen LogP contribution is 2.24. The monoisotopic (exact) mass is 411 g/mol. The van der Waals surface area contributed by atoms with Gasteiger partial charge in [-0.1, -0.05) is 12.1 Å². The first kappa shape index (κ1) is 18.9. The Labute approximate surface area is 178 Å². The maximum absolute atomic E-state index is 13.0. The number of pyridine rings is 1. The van der Waals surface area contributed by atoms with Crippen LogP contribution in [-0.2, 0) is 0 Å². The van der Waals surface area contributed by atoms with Crippen molar-refractivity contribution in [2.75, 3.05) is 5.32 Å². The van der Waals surface area contributed by atoms with Crippen molar-refractivity contribution in [3.05, 3.63) is 72.4 Å². The molecule has 0 saturated heterocycles. The summed E-state index contributed by atoms with van der Waals surface area (Å²) < 4.78 is 3.71. The molecule has 1 N–H and O–H groups in total. The molecule has 0 aliphatic heterocycles. The fourth-order valence-corrected chi connectivity index (χ4v) is 3.60. The SMILES string of the molecule is Cc1cc(C(=O)Nc2ccc(-c3cn4cccnc4n3)cc2)c2cnn(C(C)C)c2n1. The fraction of sp³-hybridized carbons (Fsp3) is 0.174. The molecule has 1 amide bonds. The third-order valence-corrected chi connectivity index (χ3v) is 5.10. The van der Waals surface area contributed by atoms with Crippen LogP contribution < -0.4 is 5.32 Å². The number of benzene rings is 1. The number of amides is 1. The van der Waals surface area contributed by atoms with E-state index in [1.54, 1.807) is 18.5 Å². The van der Waals surface area contributed by atoms with E-state index in [2.05, 4.69) is 25.4 Å². The van der Waals surface area contributed by atoms with Crippen LogP contribution in [0.1, 0.15) is 35.9 Å². The molecule has 5 aromatic rings. The number of aromatic nitrogens is 6. The molecule has 0 unspecified atom stereocenters. The Morgan fingerprint density at radius 2 is 1.94 bits per heavy atom. The second-order valence-corrected chi connectivity index (χ2v) is 7.72. The van der Waals surface area contributed by atoms with Gasteiger partial charge in [0.25, 0.3) is 5.91 Å². The molecule has 0 fully saturated rings. The van der Waals surface area contributed by atoms with Gasteiger partial charge in [-0.25, -0.2) is 19.6 Å². The van der Waals surface area contributed by atoms with Crippen molar-refractivity contribution in [2.24, 2.45) is 0 Å². The molecule has 1 aromatic carbocycles. The topological polar surface area (TPSA) is 90.0 Å². The minimum Gasteiger partial charge on any atom is -0.322 e. The highest BCUT2D eigenvalue weighted by molar-refractivity contribution is 6.12. The van der Waals surface area contributed by atoms with Crippen LogP contribution in [0.4, 0.5) is 5.69 Å². The number of hydrogen-bond acceptors (Lipinski definition) is 5. The number of imidazole rings is 1. The Bertz CT molecular complexity index is 1380. The van der Waals surface area contributed by atoms with E-state index in [1.807, 2.05) is 72.6 Å². The molecule has 8 nitrogen and oxygen atoms in total. The number of rotatable bonds is 4. The molecule has 0 bridgehead atoms. The predicted octanol–water partition coefficient (Wildman–Crippen LogP) is 4.28. The van der Waals surface area contributed by atoms with Crippen LogP contribution in [0.15, 0.2) is 61.2 Å². The summed E-state index contributed by atoms with van der Waals surface area (Å²) in [7, 11) is 0. The van der Waals surface area contributed by atoms with Gasteiger partial charge in [0.2, 0.25) is 5.78 Å². The van der Waals surface area contributed by atoms with Gasteiger partial charge in [0.05, 0.1) is 22.8 Å². The van der Waals surface area contributed by atoms with Gasteiger partial charge < -0.3 is 5.32 Å². The Morgan fingerprint density at radius 3 is 2.68 bits per heavy atom. The molecule has 4 aromatic heterocycles. The summed E-state index contributed by atoms with van der Waals surface area (Å²) in [5, 5.41) is 8.13. The van der Waals surface area contributed by atoms with Crippen LogP contribution in [0.3, 0.4) is 0 Å². The number of fused-ring (bicyclic) bond motifs is 2. The van der Waals surface area contributed by atoms with E-state index in [9.17, 15) is 4.79 Å². The molecule has 4 heterocycles. The normalized spacial score (nSPS) is 11.5. The first-order valence-electron chi connectivity index (χ1n) is 10.1. The summed E-state index contributed by atoms with van der Waals surface area (Å²) in [6, 6.07) is 11.4. The maximum Gasteiger partial charge on any atom is 0.256 e. The van der Waals surface area contributed by atoms with Crippen LogP contribution in [0.25, 0.3) is 28.1 Å². The van der Waals surface area contributed by atoms with E-state index in [-0.39, 0.29) is 11.9 Å². The van der Waals surface area contributed by atoms with Gasteiger partial charge in [-0.15, -0.1) is 0 Å². The number of aryl methyl sites for hydroxylation is 1. The third-order valence-electron chi connectivity index (χ3n) is 5.10. The van der Waals surface area contributed by atoms with Gasteiger partial charge in [0.15, 0.2) is 5.65 Å². The van der Waals surface area contributed by atoms with Crippen LogP contribution in [-0.4, -0.2) is 35.0 Å². The molecular formula is C23H21N7O. The molecule has 154 valence electrons. The molecule has 5 rings (SSSR count). The number of anilines is 1. The quantitative estimate of drug-likeness (QED) is 0.477. The van der Waals surface area contributed by atoms with E-state index in [1.165, 1.54) is 0 Å². The maximum atomic E-state index is 13.0. The van der Waals surface area contributed by atoms with Crippen LogP contribution in [0.5, 0.6) is 0 Å². The van der Waals surface area contributed by atoms with Crippen molar-refractivity contribution in [1.82, 2.24) is 29.1 Å². The lowest BCUT2D eigenvalue weighted by Crippen LogP contribution is -2.13. The van der Waals surface area contributed by atoms with Crippen molar-refractivity contribution in [1.29, 1.82) is 0 Å². The summed E-state index contributed by atoms with van der Waals surface area (Å²) in [5.74, 6) is 0.456. The zero-order valence-corrected chi connectivity index (χ0v) is 17.4. The first-order valence-corrected chi connectivity index (χ1v) is 10.1. The number of hydrogen-bond donors (Lipinski definition) is 1. The van der Waals surface area contributed by atoms with E-state index >= 15 is 0 Å². The first-order chi connectivity index (χ1) is 15.0. The highest BCUT2D eigenvalue weighted by Gasteiger charge is 2.17. The van der Waals surface area contributed by atoms with Gasteiger partial charge in [-0.3, -0.25) is 9.20 Å². The summed E-state index contributed by atoms with van der Waals surface area (Å²) >= 11 is 0. The molecule has 0 aliphatic carbocycles. The van der Waals surface area contributed by atoms with Gasteiger partial charge in [-0.2, -0.15) is 5.10 Å². The average Bonchev–Trinajstić information content (AvgIpc) is 3.37. The molecular weight excluding hydrogens is 390 g/mol. The Morgan fingerprint density at radius 1 is 1.13 bits per heavy atom. The van der Waals surface area contributed by atoms with Gasteiger partial charge in [-0.05, 0) is 45.0 Å². The minimum atomic E-state index is -0.191. The average molecular weight is 411 g/mol. The van der Waals surface area contributed by atoms with Crippen LogP contribution in [0.2, 0.25) is 0 Å². The van der Waals surface area contributed by atoms with E-state index < -0.39 is 0 Å². The van der Waals surface area contributed by atoms with E-state index in [0.29, 0.717) is 17.0 Å². The molecule has 0 spiro atoms. The van der Waals surface area contributed by atoms with Crippen molar-refractivity contribution in [2.45, 2.75) is 26.8 Å². The Hall–Kier alpha value is -4.07. The summed E-state index contributed by atoms with van der Waals surface area (Å²) in [6.07, 6.45) is 7.26. The largest absolute Gasteiger partial charge is 0.322 e. The summed E-state index contributed by atoms with van der Waals surface area (Å²) in [4.78, 5) is 26.4. The minimum absolute atomic E-state index is 0.157. The molecule has 0 aliphatic rings. The second-order valence-electron chi connectivity index (χ2n) is 7.72. The second kappa shape index (κ2) is 7.32. The Balaban J connectivity index is 1.42. The van der Waals surface area contributed by atoms with Crippen molar-refractivity contribution in [3.8, 4) is 11.3 Å². The number of carbonyl (C=O) groups excluding carboxylic acids is 1. The van der Waals surface area contributed by atoms with Crippen molar-refractivity contribution in [3.63, 3.8) is 0 Å². The lowest BCUT2D eigenvalue weighted by molar-refractivity contribution is 0.102. The lowest BCUT2D eigenvalue weighted by atomic mass is 10.1. The van der Waals surface area contributed by atoms with Crippen molar-refractivity contribution < 1.29 is 4.79 Å². The predicted molar refractivity (Wildman–Crippen MR) is 119 cm³/mol. The van der Waals surface area contributed by atoms with Gasteiger partial charge in [0.1, 0.15) is 0 Å². The molecule has 8 heteroatoms. The summed E-state index contributed by atoms with van der Waals surface area (Å²) in [5.41, 5.74) is 4.53. The van der Waals surface area contributed by atoms with E-state index in [4.69, 9.17) is 0 Å².